The minimum atomic E-state index is 0.0698. The predicted molar refractivity (Wildman–Crippen MR) is 61.2 cm³/mol. The number of benzene rings is 1. The number of aromatic nitrogens is 1. The highest BCUT2D eigenvalue weighted by Gasteiger charge is 2.04. The van der Waals surface area contributed by atoms with Gasteiger partial charge < -0.3 is 9.67 Å². The largest absolute Gasteiger partial charge is 0.390 e. The lowest BCUT2D eigenvalue weighted by molar-refractivity contribution is 0.274. The van der Waals surface area contributed by atoms with Crippen LogP contribution in [0.15, 0.2) is 36.5 Å². The first-order valence-electron chi connectivity index (χ1n) is 5.07. The summed E-state index contributed by atoms with van der Waals surface area (Å²) in [5.74, 6) is 0. The van der Waals surface area contributed by atoms with E-state index in [4.69, 9.17) is 0 Å². The number of aliphatic hydroxyl groups is 1. The molecule has 0 radical (unpaired) electrons. The Morgan fingerprint density at radius 3 is 2.67 bits per heavy atom. The molecular formula is C13H15NO. The molecule has 0 unspecified atom stereocenters. The van der Waals surface area contributed by atoms with Crippen molar-refractivity contribution in [3.05, 3.63) is 53.3 Å². The minimum Gasteiger partial charge on any atom is -0.390 e. The zero-order chi connectivity index (χ0) is 10.8. The molecule has 1 N–H and O–H groups in total. The van der Waals surface area contributed by atoms with Gasteiger partial charge in [-0.2, -0.15) is 0 Å². The topological polar surface area (TPSA) is 25.2 Å². The van der Waals surface area contributed by atoms with Gasteiger partial charge in [-0.15, -0.1) is 0 Å². The minimum absolute atomic E-state index is 0.0698. The summed E-state index contributed by atoms with van der Waals surface area (Å²) in [6, 6.07) is 10.2. The Hall–Kier alpha value is -1.54. The molecule has 2 rings (SSSR count). The smallest absolute Gasteiger partial charge is 0.0836 e. The lowest BCUT2D eigenvalue weighted by atomic mass is 10.1. The average Bonchev–Trinajstić information content (AvgIpc) is 2.65. The second-order valence-corrected chi connectivity index (χ2v) is 3.82. The SMILES string of the molecule is Cc1ccc(-n2cccc2CO)c(C)c1. The molecule has 78 valence electrons. The van der Waals surface area contributed by atoms with E-state index < -0.39 is 0 Å². The Morgan fingerprint density at radius 2 is 2.00 bits per heavy atom. The Morgan fingerprint density at radius 1 is 1.20 bits per heavy atom. The maximum Gasteiger partial charge on any atom is 0.0836 e. The first-order valence-corrected chi connectivity index (χ1v) is 5.07. The lowest BCUT2D eigenvalue weighted by Gasteiger charge is -2.11. The predicted octanol–water partition coefficient (Wildman–Crippen LogP) is 2.59. The van der Waals surface area contributed by atoms with Gasteiger partial charge in [-0.25, -0.2) is 0 Å². The molecule has 2 heteroatoms. The number of hydrogen-bond acceptors (Lipinski definition) is 1. The molecule has 0 saturated heterocycles. The van der Waals surface area contributed by atoms with Gasteiger partial charge in [-0.3, -0.25) is 0 Å². The molecule has 0 atom stereocenters. The molecule has 0 aliphatic rings. The summed E-state index contributed by atoms with van der Waals surface area (Å²) in [5.41, 5.74) is 4.53. The zero-order valence-corrected chi connectivity index (χ0v) is 9.07. The van der Waals surface area contributed by atoms with Crippen LogP contribution < -0.4 is 0 Å². The Balaban J connectivity index is 2.54. The molecule has 0 aliphatic heterocycles. The highest BCUT2D eigenvalue weighted by Crippen LogP contribution is 2.18. The van der Waals surface area contributed by atoms with Crippen LogP contribution in [0.2, 0.25) is 0 Å². The van der Waals surface area contributed by atoms with Gasteiger partial charge in [0.15, 0.2) is 0 Å². The maximum atomic E-state index is 9.19. The van der Waals surface area contributed by atoms with Crippen LogP contribution in [0.5, 0.6) is 0 Å². The van der Waals surface area contributed by atoms with Crippen molar-refractivity contribution < 1.29 is 5.11 Å². The summed E-state index contributed by atoms with van der Waals surface area (Å²) < 4.78 is 2.02. The van der Waals surface area contributed by atoms with Crippen LogP contribution in [0.25, 0.3) is 5.69 Å². The van der Waals surface area contributed by atoms with Crippen LogP contribution >= 0.6 is 0 Å². The van der Waals surface area contributed by atoms with Gasteiger partial charge in [0.1, 0.15) is 0 Å². The van der Waals surface area contributed by atoms with E-state index in [9.17, 15) is 5.11 Å². The first kappa shape index (κ1) is 9.99. The fraction of sp³-hybridized carbons (Fsp3) is 0.231. The molecule has 2 nitrogen and oxygen atoms in total. The van der Waals surface area contributed by atoms with Crippen molar-refractivity contribution in [2.24, 2.45) is 0 Å². The Bertz CT molecular complexity index is 471. The number of hydrogen-bond donors (Lipinski definition) is 1. The average molecular weight is 201 g/mol. The normalized spacial score (nSPS) is 10.6. The summed E-state index contributed by atoms with van der Waals surface area (Å²) in [7, 11) is 0. The summed E-state index contributed by atoms with van der Waals surface area (Å²) in [4.78, 5) is 0. The third kappa shape index (κ3) is 1.81. The third-order valence-corrected chi connectivity index (χ3v) is 2.61. The summed E-state index contributed by atoms with van der Waals surface area (Å²) >= 11 is 0. The molecule has 2 aromatic rings. The Labute approximate surface area is 89.8 Å². The van der Waals surface area contributed by atoms with Crippen molar-refractivity contribution in [3.8, 4) is 5.69 Å². The third-order valence-electron chi connectivity index (χ3n) is 2.61. The van der Waals surface area contributed by atoms with Crippen LogP contribution in [0.1, 0.15) is 16.8 Å². The van der Waals surface area contributed by atoms with Crippen molar-refractivity contribution in [3.63, 3.8) is 0 Å². The fourth-order valence-electron chi connectivity index (χ4n) is 1.86. The number of aryl methyl sites for hydroxylation is 2. The quantitative estimate of drug-likeness (QED) is 0.793. The molecule has 0 aliphatic carbocycles. The van der Waals surface area contributed by atoms with Crippen molar-refractivity contribution in [2.75, 3.05) is 0 Å². The first-order chi connectivity index (χ1) is 7.22. The van der Waals surface area contributed by atoms with Crippen LogP contribution in [-0.2, 0) is 6.61 Å². The number of aliphatic hydroxyl groups excluding tert-OH is 1. The van der Waals surface area contributed by atoms with Gasteiger partial charge in [0.25, 0.3) is 0 Å². The number of nitrogens with zero attached hydrogens (tertiary/aromatic N) is 1. The summed E-state index contributed by atoms with van der Waals surface area (Å²) in [6.07, 6.45) is 1.98. The molecule has 15 heavy (non-hydrogen) atoms. The van der Waals surface area contributed by atoms with Crippen molar-refractivity contribution in [1.29, 1.82) is 0 Å². The monoisotopic (exact) mass is 201 g/mol. The van der Waals surface area contributed by atoms with E-state index >= 15 is 0 Å². The highest BCUT2D eigenvalue weighted by molar-refractivity contribution is 5.44. The van der Waals surface area contributed by atoms with Crippen molar-refractivity contribution >= 4 is 0 Å². The van der Waals surface area contributed by atoms with Crippen molar-refractivity contribution in [1.82, 2.24) is 4.57 Å². The van der Waals surface area contributed by atoms with Gasteiger partial charge in [0, 0.05) is 17.6 Å². The van der Waals surface area contributed by atoms with Crippen LogP contribution in [0.4, 0.5) is 0 Å². The Kier molecular flexibility index (Phi) is 2.60. The maximum absolute atomic E-state index is 9.19. The van der Waals surface area contributed by atoms with Gasteiger partial charge >= 0.3 is 0 Å². The van der Waals surface area contributed by atoms with E-state index in [0.717, 1.165) is 11.4 Å². The van der Waals surface area contributed by atoms with E-state index in [2.05, 4.69) is 32.0 Å². The van der Waals surface area contributed by atoms with Gasteiger partial charge in [0.05, 0.1) is 6.61 Å². The molecular weight excluding hydrogens is 186 g/mol. The van der Waals surface area contributed by atoms with Gasteiger partial charge in [-0.1, -0.05) is 17.7 Å². The molecule has 0 spiro atoms. The molecule has 1 heterocycles. The standard InChI is InChI=1S/C13H15NO/c1-10-5-6-13(11(2)8-10)14-7-3-4-12(14)9-15/h3-8,15H,9H2,1-2H3. The molecule has 0 fully saturated rings. The molecule has 0 amide bonds. The zero-order valence-electron chi connectivity index (χ0n) is 9.07. The highest BCUT2D eigenvalue weighted by atomic mass is 16.3. The van der Waals surface area contributed by atoms with E-state index in [0.29, 0.717) is 0 Å². The van der Waals surface area contributed by atoms with Gasteiger partial charge in [-0.05, 0) is 37.6 Å². The second-order valence-electron chi connectivity index (χ2n) is 3.82. The summed E-state index contributed by atoms with van der Waals surface area (Å²) in [6.45, 7) is 4.24. The molecule has 0 bridgehead atoms. The van der Waals surface area contributed by atoms with Crippen LogP contribution in [0, 0.1) is 13.8 Å². The number of rotatable bonds is 2. The van der Waals surface area contributed by atoms with Crippen molar-refractivity contribution in [2.45, 2.75) is 20.5 Å². The second kappa shape index (κ2) is 3.91. The summed E-state index contributed by atoms with van der Waals surface area (Å²) in [5, 5.41) is 9.19. The molecule has 1 aromatic carbocycles. The van der Waals surface area contributed by atoms with E-state index in [-0.39, 0.29) is 6.61 Å². The van der Waals surface area contributed by atoms with E-state index in [1.165, 1.54) is 11.1 Å². The van der Waals surface area contributed by atoms with Gasteiger partial charge in [0.2, 0.25) is 0 Å². The molecule has 0 saturated carbocycles. The van der Waals surface area contributed by atoms with E-state index in [1.54, 1.807) is 0 Å². The lowest BCUT2D eigenvalue weighted by Crippen LogP contribution is -2.00. The molecule has 1 aromatic heterocycles. The van der Waals surface area contributed by atoms with E-state index in [1.807, 2.05) is 22.9 Å². The van der Waals surface area contributed by atoms with Crippen LogP contribution in [-0.4, -0.2) is 9.67 Å². The van der Waals surface area contributed by atoms with Crippen LogP contribution in [0.3, 0.4) is 0 Å². The fourth-order valence-corrected chi connectivity index (χ4v) is 1.86.